The summed E-state index contributed by atoms with van der Waals surface area (Å²) in [5.41, 5.74) is 0.570. The van der Waals surface area contributed by atoms with Crippen LogP contribution in [0.1, 0.15) is 32.4 Å². The Balaban J connectivity index is 1.72. The quantitative estimate of drug-likeness (QED) is 0.411. The van der Waals surface area contributed by atoms with E-state index in [4.69, 9.17) is 0 Å². The summed E-state index contributed by atoms with van der Waals surface area (Å²) in [6.45, 7) is 5.06. The summed E-state index contributed by atoms with van der Waals surface area (Å²) >= 11 is 0. The molecule has 37 heavy (non-hydrogen) atoms. The molecule has 2 amide bonds. The molecule has 0 aliphatic carbocycles. The number of nitrogens with zero attached hydrogens (tertiary/aromatic N) is 6. The van der Waals surface area contributed by atoms with Gasteiger partial charge in [-0.05, 0) is 86.1 Å². The van der Waals surface area contributed by atoms with Gasteiger partial charge in [0.25, 0.3) is 5.91 Å². The van der Waals surface area contributed by atoms with E-state index in [-0.39, 0.29) is 11.5 Å². The molecule has 4 aromatic rings. The third-order valence-corrected chi connectivity index (χ3v) is 5.21. The smallest absolute Gasteiger partial charge is 0.251 e. The molecule has 0 aliphatic heterocycles. The summed E-state index contributed by atoms with van der Waals surface area (Å²) in [7, 11) is 0. The Labute approximate surface area is 212 Å². The highest BCUT2D eigenvalue weighted by molar-refractivity contribution is 6.01. The summed E-state index contributed by atoms with van der Waals surface area (Å²) in [6.07, 6.45) is 3.02. The van der Waals surface area contributed by atoms with Crippen molar-refractivity contribution in [1.82, 2.24) is 30.5 Å². The monoisotopic (exact) mass is 505 g/mol. The van der Waals surface area contributed by atoms with Crippen molar-refractivity contribution >= 4 is 17.5 Å². The normalized spacial score (nSPS) is 12.1. The zero-order valence-electron chi connectivity index (χ0n) is 20.5. The van der Waals surface area contributed by atoms with Gasteiger partial charge in [-0.15, -0.1) is 10.2 Å². The molecule has 0 saturated heterocycles. The van der Waals surface area contributed by atoms with Crippen molar-refractivity contribution in [1.29, 1.82) is 0 Å². The Morgan fingerprint density at radius 1 is 1.00 bits per heavy atom. The van der Waals surface area contributed by atoms with Crippen LogP contribution in [0.3, 0.4) is 0 Å². The zero-order valence-corrected chi connectivity index (χ0v) is 20.5. The standard InChI is InChI=1S/C26H25F2N7O2/c1-26(2,3)30-25(37)23(17-11-13-29-14-12-17)35(21-6-4-5-20(28)15-21)22(36)16-34-32-24(31-33-34)18-7-9-19(27)10-8-18/h4-15,23H,16H2,1-3H3,(H,30,37). The highest BCUT2D eigenvalue weighted by Gasteiger charge is 2.35. The summed E-state index contributed by atoms with van der Waals surface area (Å²) < 4.78 is 27.5. The number of amides is 2. The van der Waals surface area contributed by atoms with Gasteiger partial charge in [0.15, 0.2) is 0 Å². The SMILES string of the molecule is CC(C)(C)NC(=O)C(c1ccncc1)N(C(=O)Cn1nnc(-c2ccc(F)cc2)n1)c1cccc(F)c1. The third kappa shape index (κ3) is 6.37. The first-order chi connectivity index (χ1) is 17.6. The Hall–Kier alpha value is -4.54. The fourth-order valence-corrected chi connectivity index (χ4v) is 3.69. The van der Waals surface area contributed by atoms with Crippen LogP contribution in [-0.2, 0) is 16.1 Å². The van der Waals surface area contributed by atoms with Gasteiger partial charge < -0.3 is 5.32 Å². The molecule has 0 fully saturated rings. The van der Waals surface area contributed by atoms with Gasteiger partial charge in [0.2, 0.25) is 11.7 Å². The number of hydrogen-bond acceptors (Lipinski definition) is 6. The summed E-state index contributed by atoms with van der Waals surface area (Å²) in [6, 6.07) is 13.0. The first-order valence-corrected chi connectivity index (χ1v) is 11.4. The molecular weight excluding hydrogens is 480 g/mol. The minimum atomic E-state index is -1.14. The van der Waals surface area contributed by atoms with Crippen LogP contribution in [0, 0.1) is 11.6 Å². The van der Waals surface area contributed by atoms with Crippen molar-refractivity contribution in [3.63, 3.8) is 0 Å². The molecule has 0 radical (unpaired) electrons. The zero-order chi connectivity index (χ0) is 26.6. The highest BCUT2D eigenvalue weighted by atomic mass is 19.1. The highest BCUT2D eigenvalue weighted by Crippen LogP contribution is 2.29. The number of carbonyl (C=O) groups excluding carboxylic acids is 2. The number of carbonyl (C=O) groups is 2. The molecule has 2 aromatic carbocycles. The van der Waals surface area contributed by atoms with E-state index in [1.165, 1.54) is 65.8 Å². The van der Waals surface area contributed by atoms with Crippen LogP contribution in [-0.4, -0.2) is 42.5 Å². The Bertz CT molecular complexity index is 1390. The van der Waals surface area contributed by atoms with Gasteiger partial charge in [-0.2, -0.15) is 4.80 Å². The van der Waals surface area contributed by atoms with Crippen LogP contribution in [0.2, 0.25) is 0 Å². The largest absolute Gasteiger partial charge is 0.349 e. The minimum absolute atomic E-state index is 0.176. The van der Waals surface area contributed by atoms with Crippen LogP contribution < -0.4 is 10.2 Å². The number of halogens is 2. The number of benzene rings is 2. The van der Waals surface area contributed by atoms with E-state index >= 15 is 0 Å². The lowest BCUT2D eigenvalue weighted by Crippen LogP contribution is -2.50. The van der Waals surface area contributed by atoms with Crippen LogP contribution in [0.25, 0.3) is 11.4 Å². The van der Waals surface area contributed by atoms with Crippen LogP contribution in [0.4, 0.5) is 14.5 Å². The van der Waals surface area contributed by atoms with Crippen LogP contribution in [0.5, 0.6) is 0 Å². The number of rotatable bonds is 7. The summed E-state index contributed by atoms with van der Waals surface area (Å²) in [5, 5.41) is 15.0. The van der Waals surface area contributed by atoms with E-state index in [0.717, 1.165) is 4.80 Å². The van der Waals surface area contributed by atoms with Gasteiger partial charge in [-0.1, -0.05) is 6.07 Å². The average molecular weight is 506 g/mol. The maximum Gasteiger partial charge on any atom is 0.251 e. The molecule has 0 saturated carbocycles. The Morgan fingerprint density at radius 2 is 1.70 bits per heavy atom. The summed E-state index contributed by atoms with van der Waals surface area (Å²) in [5.74, 6) is -1.83. The third-order valence-electron chi connectivity index (χ3n) is 5.21. The molecule has 1 atom stereocenters. The molecule has 1 unspecified atom stereocenters. The number of anilines is 1. The number of hydrogen-bond donors (Lipinski definition) is 1. The minimum Gasteiger partial charge on any atom is -0.349 e. The lowest BCUT2D eigenvalue weighted by molar-refractivity contribution is -0.128. The van der Waals surface area contributed by atoms with E-state index < -0.39 is 41.6 Å². The molecule has 2 aromatic heterocycles. The molecule has 9 nitrogen and oxygen atoms in total. The average Bonchev–Trinajstić information content (AvgIpc) is 3.30. The van der Waals surface area contributed by atoms with Crippen molar-refractivity contribution in [2.75, 3.05) is 4.90 Å². The first-order valence-electron chi connectivity index (χ1n) is 11.4. The molecule has 1 N–H and O–H groups in total. The van der Waals surface area contributed by atoms with E-state index in [1.807, 2.05) is 20.8 Å². The van der Waals surface area contributed by atoms with E-state index in [9.17, 15) is 18.4 Å². The number of pyridine rings is 1. The second-order valence-corrected chi connectivity index (χ2v) is 9.32. The van der Waals surface area contributed by atoms with Crippen molar-refractivity contribution in [2.45, 2.75) is 38.9 Å². The maximum absolute atomic E-state index is 14.3. The fraction of sp³-hybridized carbons (Fsp3) is 0.231. The van der Waals surface area contributed by atoms with E-state index in [1.54, 1.807) is 12.1 Å². The molecule has 2 heterocycles. The number of aromatic nitrogens is 5. The van der Waals surface area contributed by atoms with Crippen molar-refractivity contribution < 1.29 is 18.4 Å². The molecule has 0 aliphatic rings. The molecule has 11 heteroatoms. The molecule has 190 valence electrons. The molecule has 4 rings (SSSR count). The second-order valence-electron chi connectivity index (χ2n) is 9.32. The number of nitrogens with one attached hydrogen (secondary N) is 1. The van der Waals surface area contributed by atoms with Crippen LogP contribution in [0.15, 0.2) is 73.1 Å². The van der Waals surface area contributed by atoms with Gasteiger partial charge >= 0.3 is 0 Å². The van der Waals surface area contributed by atoms with Crippen LogP contribution >= 0.6 is 0 Å². The molecular formula is C26H25F2N7O2. The maximum atomic E-state index is 14.3. The lowest BCUT2D eigenvalue weighted by Gasteiger charge is -2.33. The van der Waals surface area contributed by atoms with Crippen molar-refractivity contribution in [2.24, 2.45) is 0 Å². The molecule has 0 bridgehead atoms. The predicted molar refractivity (Wildman–Crippen MR) is 132 cm³/mol. The lowest BCUT2D eigenvalue weighted by atomic mass is 10.0. The van der Waals surface area contributed by atoms with Gasteiger partial charge in [0, 0.05) is 29.2 Å². The van der Waals surface area contributed by atoms with Gasteiger partial charge in [0.05, 0.1) is 0 Å². The Kier molecular flexibility index (Phi) is 7.32. The summed E-state index contributed by atoms with van der Waals surface area (Å²) in [4.78, 5) is 33.5. The Morgan fingerprint density at radius 3 is 2.35 bits per heavy atom. The second kappa shape index (κ2) is 10.6. The van der Waals surface area contributed by atoms with E-state index in [2.05, 4.69) is 25.7 Å². The van der Waals surface area contributed by atoms with E-state index in [0.29, 0.717) is 11.1 Å². The van der Waals surface area contributed by atoms with Crippen molar-refractivity contribution in [3.05, 3.63) is 90.3 Å². The van der Waals surface area contributed by atoms with Crippen molar-refractivity contribution in [3.8, 4) is 11.4 Å². The van der Waals surface area contributed by atoms with Gasteiger partial charge in [0.1, 0.15) is 24.2 Å². The topological polar surface area (TPSA) is 106 Å². The number of tetrazole rings is 1. The van der Waals surface area contributed by atoms with Gasteiger partial charge in [-0.3, -0.25) is 19.5 Å². The fourth-order valence-electron chi connectivity index (χ4n) is 3.69. The molecule has 0 spiro atoms. The predicted octanol–water partition coefficient (Wildman–Crippen LogP) is 3.70. The first kappa shape index (κ1) is 25.5. The van der Waals surface area contributed by atoms with Gasteiger partial charge in [-0.25, -0.2) is 8.78 Å².